The van der Waals surface area contributed by atoms with E-state index in [9.17, 15) is 18.0 Å². The van der Waals surface area contributed by atoms with Gasteiger partial charge in [-0.25, -0.2) is 4.98 Å². The summed E-state index contributed by atoms with van der Waals surface area (Å²) in [5, 5.41) is 0. The number of aromatic nitrogens is 1. The van der Waals surface area contributed by atoms with E-state index in [1.807, 2.05) is 0 Å². The van der Waals surface area contributed by atoms with Gasteiger partial charge in [0.05, 0.1) is 30.4 Å². The second kappa shape index (κ2) is 6.26. The largest absolute Gasteiger partial charge is 0.573 e. The zero-order chi connectivity index (χ0) is 14.6. The summed E-state index contributed by atoms with van der Waals surface area (Å²) in [6.45, 7) is 0. The molecule has 1 rings (SSSR count). The molecule has 9 heteroatoms. The number of ether oxygens (including phenoxy) is 3. The fraction of sp³-hybridized carbons (Fsp3) is 0.400. The highest BCUT2D eigenvalue weighted by atomic mass is 127. The van der Waals surface area contributed by atoms with Crippen molar-refractivity contribution in [1.29, 1.82) is 0 Å². The minimum absolute atomic E-state index is 0.0457. The first kappa shape index (κ1) is 15.8. The van der Waals surface area contributed by atoms with Gasteiger partial charge in [0.2, 0.25) is 5.88 Å². The Kier molecular flexibility index (Phi) is 5.20. The molecule has 0 aliphatic carbocycles. The lowest BCUT2D eigenvalue weighted by Gasteiger charge is -2.14. The van der Waals surface area contributed by atoms with Gasteiger partial charge in [0.25, 0.3) is 0 Å². The van der Waals surface area contributed by atoms with Gasteiger partial charge in [-0.1, -0.05) is 0 Å². The second-order valence-corrected chi connectivity index (χ2v) is 4.30. The number of esters is 1. The number of pyridine rings is 1. The molecular formula is C10H9F3INO4. The van der Waals surface area contributed by atoms with Gasteiger partial charge in [-0.05, 0) is 22.6 Å². The molecule has 106 valence electrons. The Labute approximate surface area is 120 Å². The molecule has 0 bridgehead atoms. The number of hydrogen-bond donors (Lipinski definition) is 0. The third kappa shape index (κ3) is 4.40. The first-order valence-electron chi connectivity index (χ1n) is 4.82. The van der Waals surface area contributed by atoms with Crippen molar-refractivity contribution < 1.29 is 32.2 Å². The lowest BCUT2D eigenvalue weighted by molar-refractivity contribution is -0.275. The summed E-state index contributed by atoms with van der Waals surface area (Å²) in [6, 6.07) is 0. The first-order chi connectivity index (χ1) is 8.78. The molecule has 1 heterocycles. The van der Waals surface area contributed by atoms with Gasteiger partial charge in [0, 0.05) is 5.56 Å². The number of alkyl halides is 3. The number of nitrogens with zero attached hydrogens (tertiary/aromatic N) is 1. The van der Waals surface area contributed by atoms with E-state index in [1.165, 1.54) is 14.2 Å². The van der Waals surface area contributed by atoms with E-state index < -0.39 is 18.1 Å². The topological polar surface area (TPSA) is 57.7 Å². The van der Waals surface area contributed by atoms with Crippen LogP contribution in [-0.4, -0.2) is 31.5 Å². The maximum atomic E-state index is 12.2. The molecule has 1 aromatic heterocycles. The van der Waals surface area contributed by atoms with Gasteiger partial charge in [-0.3, -0.25) is 4.79 Å². The van der Waals surface area contributed by atoms with Crippen molar-refractivity contribution in [3.05, 3.63) is 15.3 Å². The van der Waals surface area contributed by atoms with Crippen LogP contribution in [0.2, 0.25) is 0 Å². The zero-order valence-electron chi connectivity index (χ0n) is 9.88. The molecule has 0 aliphatic heterocycles. The summed E-state index contributed by atoms with van der Waals surface area (Å²) in [7, 11) is 2.47. The highest BCUT2D eigenvalue weighted by Gasteiger charge is 2.33. The fourth-order valence-electron chi connectivity index (χ4n) is 1.24. The average Bonchev–Trinajstić information content (AvgIpc) is 2.32. The zero-order valence-corrected chi connectivity index (χ0v) is 12.0. The minimum Gasteiger partial charge on any atom is -0.481 e. The van der Waals surface area contributed by atoms with Crippen LogP contribution in [0.5, 0.6) is 11.6 Å². The second-order valence-electron chi connectivity index (χ2n) is 3.22. The highest BCUT2D eigenvalue weighted by Crippen LogP contribution is 2.33. The van der Waals surface area contributed by atoms with E-state index in [-0.39, 0.29) is 21.4 Å². The highest BCUT2D eigenvalue weighted by molar-refractivity contribution is 14.1. The average molecular weight is 391 g/mol. The molecule has 0 N–H and O–H groups in total. The Balaban J connectivity index is 3.18. The number of rotatable bonds is 4. The van der Waals surface area contributed by atoms with E-state index in [4.69, 9.17) is 4.74 Å². The van der Waals surface area contributed by atoms with Crippen LogP contribution in [0, 0.1) is 3.57 Å². The Morgan fingerprint density at radius 1 is 1.42 bits per heavy atom. The molecule has 0 radical (unpaired) electrons. The van der Waals surface area contributed by atoms with Gasteiger partial charge >= 0.3 is 12.3 Å². The number of methoxy groups -OCH3 is 2. The van der Waals surface area contributed by atoms with Gasteiger partial charge in [-0.15, -0.1) is 13.2 Å². The van der Waals surface area contributed by atoms with Crippen LogP contribution < -0.4 is 9.47 Å². The number of halogens is 4. The van der Waals surface area contributed by atoms with Crippen LogP contribution in [0.4, 0.5) is 13.2 Å². The number of carbonyl (C=O) groups is 1. The quantitative estimate of drug-likeness (QED) is 0.583. The SMILES string of the molecule is COC(=O)Cc1c(OC)ncc(OC(F)(F)F)c1I. The molecule has 0 aliphatic rings. The third-order valence-corrected chi connectivity index (χ3v) is 3.19. The van der Waals surface area contributed by atoms with Crippen molar-refractivity contribution in [3.63, 3.8) is 0 Å². The summed E-state index contributed by atoms with van der Waals surface area (Å²) < 4.78 is 49.8. The molecular weight excluding hydrogens is 382 g/mol. The predicted octanol–water partition coefficient (Wildman–Crippen LogP) is 2.31. The number of carbonyl (C=O) groups excluding carboxylic acids is 1. The van der Waals surface area contributed by atoms with Gasteiger partial charge < -0.3 is 14.2 Å². The van der Waals surface area contributed by atoms with Crippen LogP contribution >= 0.6 is 22.6 Å². The van der Waals surface area contributed by atoms with Crippen LogP contribution in [0.3, 0.4) is 0 Å². The molecule has 0 spiro atoms. The van der Waals surface area contributed by atoms with Crippen LogP contribution in [0.25, 0.3) is 0 Å². The predicted molar refractivity (Wildman–Crippen MR) is 65.9 cm³/mol. The van der Waals surface area contributed by atoms with Crippen molar-refractivity contribution in [2.24, 2.45) is 0 Å². The van der Waals surface area contributed by atoms with Crippen LogP contribution in [-0.2, 0) is 16.0 Å². The Morgan fingerprint density at radius 3 is 2.53 bits per heavy atom. The molecule has 0 unspecified atom stereocenters. The standard InChI is InChI=1S/C10H9F3INO4/c1-17-7(16)3-5-8(14)6(19-10(11,12)13)4-15-9(5)18-2/h4H,3H2,1-2H3. The van der Waals surface area contributed by atoms with Gasteiger partial charge in [0.1, 0.15) is 0 Å². The molecule has 0 aromatic carbocycles. The monoisotopic (exact) mass is 391 g/mol. The molecule has 1 aromatic rings. The fourth-order valence-corrected chi connectivity index (χ4v) is 1.91. The molecule has 0 fully saturated rings. The molecule has 5 nitrogen and oxygen atoms in total. The lowest BCUT2D eigenvalue weighted by Crippen LogP contribution is -2.19. The van der Waals surface area contributed by atoms with Crippen molar-refractivity contribution in [2.45, 2.75) is 12.8 Å². The maximum Gasteiger partial charge on any atom is 0.573 e. The summed E-state index contributed by atoms with van der Waals surface area (Å²) in [5.74, 6) is -1.07. The normalized spacial score (nSPS) is 11.1. The molecule has 0 amide bonds. The van der Waals surface area contributed by atoms with Gasteiger partial charge in [-0.2, -0.15) is 0 Å². The molecule has 0 saturated carbocycles. The van der Waals surface area contributed by atoms with Gasteiger partial charge in [0.15, 0.2) is 5.75 Å². The summed E-state index contributed by atoms with van der Waals surface area (Å²) >= 11 is 1.63. The van der Waals surface area contributed by atoms with Crippen molar-refractivity contribution in [2.75, 3.05) is 14.2 Å². The smallest absolute Gasteiger partial charge is 0.481 e. The van der Waals surface area contributed by atoms with E-state index in [0.717, 1.165) is 6.20 Å². The van der Waals surface area contributed by atoms with Crippen LogP contribution in [0.15, 0.2) is 6.20 Å². The summed E-state index contributed by atoms with van der Waals surface area (Å²) in [5.41, 5.74) is 0.178. The Hall–Kier alpha value is -1.26. The first-order valence-corrected chi connectivity index (χ1v) is 5.90. The van der Waals surface area contributed by atoms with E-state index in [2.05, 4.69) is 14.5 Å². The van der Waals surface area contributed by atoms with E-state index in [1.54, 1.807) is 22.6 Å². The molecule has 19 heavy (non-hydrogen) atoms. The third-order valence-electron chi connectivity index (χ3n) is 2.01. The summed E-state index contributed by atoms with van der Waals surface area (Å²) in [6.07, 6.45) is -4.21. The van der Waals surface area contributed by atoms with Crippen molar-refractivity contribution >= 4 is 28.6 Å². The van der Waals surface area contributed by atoms with Crippen molar-refractivity contribution in [3.8, 4) is 11.6 Å². The maximum absolute atomic E-state index is 12.2. The molecule has 0 atom stereocenters. The molecule has 0 saturated heterocycles. The van der Waals surface area contributed by atoms with E-state index >= 15 is 0 Å². The minimum atomic E-state index is -4.83. The van der Waals surface area contributed by atoms with Crippen molar-refractivity contribution in [1.82, 2.24) is 4.98 Å². The summed E-state index contributed by atoms with van der Waals surface area (Å²) in [4.78, 5) is 14.9. The van der Waals surface area contributed by atoms with Crippen LogP contribution in [0.1, 0.15) is 5.56 Å². The van der Waals surface area contributed by atoms with E-state index in [0.29, 0.717) is 0 Å². The number of hydrogen-bond acceptors (Lipinski definition) is 5. The Bertz CT molecular complexity index is 479. The lowest BCUT2D eigenvalue weighted by atomic mass is 10.2. The Morgan fingerprint density at radius 2 is 2.05 bits per heavy atom.